The first kappa shape index (κ1) is 13.3. The molecule has 1 aromatic heterocycles. The number of nitrogen functional groups attached to an aromatic ring is 1. The Hall–Kier alpha value is -2.17. The van der Waals surface area contributed by atoms with Crippen LogP contribution in [0.15, 0.2) is 30.6 Å². The molecule has 4 N–H and O–H groups in total. The van der Waals surface area contributed by atoms with E-state index in [0.717, 1.165) is 11.3 Å². The lowest BCUT2D eigenvalue weighted by Crippen LogP contribution is -2.09. The van der Waals surface area contributed by atoms with Gasteiger partial charge in [0.25, 0.3) is 0 Å². The molecule has 0 aliphatic heterocycles. The lowest BCUT2D eigenvalue weighted by Gasteiger charge is -2.17. The van der Waals surface area contributed by atoms with Gasteiger partial charge in [-0.2, -0.15) is 5.10 Å². The number of ether oxygens (including phenoxy) is 1. The van der Waals surface area contributed by atoms with Crippen LogP contribution in [0.25, 0.3) is 0 Å². The molecule has 0 spiro atoms. The van der Waals surface area contributed by atoms with E-state index in [1.807, 2.05) is 38.2 Å². The summed E-state index contributed by atoms with van der Waals surface area (Å²) in [7, 11) is 0. The Labute approximate surface area is 113 Å². The topological polar surface area (TPSA) is 76.0 Å². The number of hydrogen-bond acceptors (Lipinski definition) is 4. The maximum atomic E-state index is 5.90. The number of hydrogen-bond donors (Lipinski definition) is 3. The third kappa shape index (κ3) is 3.40. The van der Waals surface area contributed by atoms with Crippen LogP contribution in [0.1, 0.15) is 32.4 Å². The minimum Gasteiger partial charge on any atom is -0.489 e. The van der Waals surface area contributed by atoms with Crippen molar-refractivity contribution in [2.24, 2.45) is 0 Å². The fourth-order valence-corrected chi connectivity index (χ4v) is 1.81. The molecule has 0 bridgehead atoms. The van der Waals surface area contributed by atoms with Crippen LogP contribution in [0, 0.1) is 0 Å². The average Bonchev–Trinajstić information content (AvgIpc) is 2.86. The second kappa shape index (κ2) is 5.65. The molecule has 102 valence electrons. The number of nitrogens with zero attached hydrogens (tertiary/aromatic N) is 1. The molecule has 0 amide bonds. The summed E-state index contributed by atoms with van der Waals surface area (Å²) in [5.41, 5.74) is 8.61. The Morgan fingerprint density at radius 1 is 1.32 bits per heavy atom. The maximum Gasteiger partial charge on any atom is 0.144 e. The summed E-state index contributed by atoms with van der Waals surface area (Å²) in [5, 5.41) is 10.1. The summed E-state index contributed by atoms with van der Waals surface area (Å²) in [4.78, 5) is 0. The highest BCUT2D eigenvalue weighted by Gasteiger charge is 2.09. The van der Waals surface area contributed by atoms with E-state index in [1.54, 1.807) is 6.20 Å². The van der Waals surface area contributed by atoms with Gasteiger partial charge < -0.3 is 15.8 Å². The van der Waals surface area contributed by atoms with E-state index in [4.69, 9.17) is 10.5 Å². The lowest BCUT2D eigenvalue weighted by molar-refractivity contribution is 0.244. The van der Waals surface area contributed by atoms with Gasteiger partial charge in [0.05, 0.1) is 24.0 Å². The van der Waals surface area contributed by atoms with Crippen molar-refractivity contribution >= 4 is 11.4 Å². The zero-order valence-corrected chi connectivity index (χ0v) is 11.5. The highest BCUT2D eigenvalue weighted by atomic mass is 16.5. The molecule has 0 fully saturated rings. The molecule has 0 radical (unpaired) electrons. The van der Waals surface area contributed by atoms with E-state index < -0.39 is 0 Å². The summed E-state index contributed by atoms with van der Waals surface area (Å²) in [6.45, 7) is 6.03. The quantitative estimate of drug-likeness (QED) is 0.722. The fraction of sp³-hybridized carbons (Fsp3) is 0.357. The second-order valence-corrected chi connectivity index (χ2v) is 4.82. The van der Waals surface area contributed by atoms with Crippen LogP contribution in [0.5, 0.6) is 5.75 Å². The monoisotopic (exact) mass is 260 g/mol. The molecule has 1 unspecified atom stereocenters. The molecule has 1 atom stereocenters. The van der Waals surface area contributed by atoms with Gasteiger partial charge in [-0.3, -0.25) is 5.10 Å². The van der Waals surface area contributed by atoms with Gasteiger partial charge in [0, 0.05) is 23.5 Å². The molecular weight excluding hydrogens is 240 g/mol. The second-order valence-electron chi connectivity index (χ2n) is 4.82. The van der Waals surface area contributed by atoms with E-state index in [2.05, 4.69) is 22.4 Å². The number of benzene rings is 1. The molecule has 1 heterocycles. The van der Waals surface area contributed by atoms with Crippen LogP contribution < -0.4 is 15.8 Å². The zero-order chi connectivity index (χ0) is 13.8. The fourth-order valence-electron chi connectivity index (χ4n) is 1.81. The Balaban J connectivity index is 2.12. The van der Waals surface area contributed by atoms with Crippen LogP contribution in [0.2, 0.25) is 0 Å². The molecule has 1 aromatic carbocycles. The normalized spacial score (nSPS) is 12.4. The van der Waals surface area contributed by atoms with E-state index in [1.165, 1.54) is 0 Å². The highest BCUT2D eigenvalue weighted by molar-refractivity contribution is 5.61. The van der Waals surface area contributed by atoms with Gasteiger partial charge in [-0.25, -0.2) is 0 Å². The summed E-state index contributed by atoms with van der Waals surface area (Å²) in [6, 6.07) is 5.88. The molecule has 0 aliphatic carbocycles. The van der Waals surface area contributed by atoms with Gasteiger partial charge in [-0.15, -0.1) is 0 Å². The largest absolute Gasteiger partial charge is 0.489 e. The SMILES string of the molecule is CC(C)Oc1cc(NC(C)c2cn[nH]c2)ccc1N. The highest BCUT2D eigenvalue weighted by Crippen LogP contribution is 2.28. The van der Waals surface area contributed by atoms with Gasteiger partial charge in [0.2, 0.25) is 0 Å². The van der Waals surface area contributed by atoms with Crippen molar-refractivity contribution in [1.29, 1.82) is 0 Å². The maximum absolute atomic E-state index is 5.90. The number of anilines is 2. The summed E-state index contributed by atoms with van der Waals surface area (Å²) >= 11 is 0. The summed E-state index contributed by atoms with van der Waals surface area (Å²) in [5.74, 6) is 0.708. The number of aromatic nitrogens is 2. The van der Waals surface area contributed by atoms with E-state index in [-0.39, 0.29) is 12.1 Å². The number of nitrogens with one attached hydrogen (secondary N) is 2. The Morgan fingerprint density at radius 3 is 2.74 bits per heavy atom. The van der Waals surface area contributed by atoms with Gasteiger partial charge >= 0.3 is 0 Å². The number of rotatable bonds is 5. The number of nitrogens with two attached hydrogens (primary N) is 1. The predicted molar refractivity (Wildman–Crippen MR) is 77.2 cm³/mol. The smallest absolute Gasteiger partial charge is 0.144 e. The molecule has 2 aromatic rings. The first-order chi connectivity index (χ1) is 9.06. The van der Waals surface area contributed by atoms with Crippen molar-refractivity contribution in [3.8, 4) is 5.75 Å². The number of H-pyrrole nitrogens is 1. The van der Waals surface area contributed by atoms with Crippen molar-refractivity contribution in [3.63, 3.8) is 0 Å². The van der Waals surface area contributed by atoms with E-state index >= 15 is 0 Å². The van der Waals surface area contributed by atoms with E-state index in [0.29, 0.717) is 11.4 Å². The minimum atomic E-state index is 0.101. The summed E-state index contributed by atoms with van der Waals surface area (Å²) < 4.78 is 5.67. The van der Waals surface area contributed by atoms with Crippen LogP contribution in [0.3, 0.4) is 0 Å². The van der Waals surface area contributed by atoms with Crippen LogP contribution in [-0.2, 0) is 0 Å². The third-order valence-electron chi connectivity index (χ3n) is 2.78. The molecule has 0 saturated carbocycles. The molecule has 5 nitrogen and oxygen atoms in total. The molecular formula is C14H20N4O. The predicted octanol–water partition coefficient (Wildman–Crippen LogP) is 2.95. The van der Waals surface area contributed by atoms with Gasteiger partial charge in [-0.05, 0) is 32.9 Å². The van der Waals surface area contributed by atoms with Crippen LogP contribution in [0.4, 0.5) is 11.4 Å². The first-order valence-corrected chi connectivity index (χ1v) is 6.37. The summed E-state index contributed by atoms with van der Waals surface area (Å²) in [6.07, 6.45) is 3.78. The van der Waals surface area contributed by atoms with Gasteiger partial charge in [0.15, 0.2) is 0 Å². The van der Waals surface area contributed by atoms with Gasteiger partial charge in [0.1, 0.15) is 5.75 Å². The molecule has 2 rings (SSSR count). The lowest BCUT2D eigenvalue weighted by atomic mass is 10.1. The van der Waals surface area contributed by atoms with Crippen molar-refractivity contribution in [3.05, 3.63) is 36.2 Å². The zero-order valence-electron chi connectivity index (χ0n) is 11.5. The van der Waals surface area contributed by atoms with Crippen molar-refractivity contribution in [1.82, 2.24) is 10.2 Å². The van der Waals surface area contributed by atoms with Crippen molar-refractivity contribution in [2.45, 2.75) is 32.9 Å². The molecule has 5 heteroatoms. The third-order valence-corrected chi connectivity index (χ3v) is 2.78. The first-order valence-electron chi connectivity index (χ1n) is 6.37. The van der Waals surface area contributed by atoms with E-state index in [9.17, 15) is 0 Å². The number of aromatic amines is 1. The van der Waals surface area contributed by atoms with Gasteiger partial charge in [-0.1, -0.05) is 0 Å². The van der Waals surface area contributed by atoms with Crippen LogP contribution >= 0.6 is 0 Å². The van der Waals surface area contributed by atoms with Crippen molar-refractivity contribution in [2.75, 3.05) is 11.1 Å². The molecule has 19 heavy (non-hydrogen) atoms. The Kier molecular flexibility index (Phi) is 3.94. The minimum absolute atomic E-state index is 0.101. The molecule has 0 aliphatic rings. The average molecular weight is 260 g/mol. The van der Waals surface area contributed by atoms with Crippen LogP contribution in [-0.4, -0.2) is 16.3 Å². The Bertz CT molecular complexity index is 522. The van der Waals surface area contributed by atoms with Crippen molar-refractivity contribution < 1.29 is 4.74 Å². The standard InChI is InChI=1S/C14H20N4O/c1-9(2)19-14-6-12(4-5-13(14)15)18-10(3)11-7-16-17-8-11/h4-10,18H,15H2,1-3H3,(H,16,17). The molecule has 0 saturated heterocycles. The Morgan fingerprint density at radius 2 is 2.11 bits per heavy atom.